The lowest BCUT2D eigenvalue weighted by molar-refractivity contribution is -0.345. The summed E-state index contributed by atoms with van der Waals surface area (Å²) in [6.07, 6.45) is -4.31. The summed E-state index contributed by atoms with van der Waals surface area (Å²) in [6.45, 7) is -1.23. The Morgan fingerprint density at radius 2 is 1.71 bits per heavy atom. The first-order valence-electron chi connectivity index (χ1n) is 6.58. The molecular weight excluding hydrogens is 396 g/mol. The molecule has 12 heteroatoms. The van der Waals surface area contributed by atoms with E-state index < -0.39 is 42.7 Å². The fourth-order valence-corrected chi connectivity index (χ4v) is 2.55. The molecule has 0 saturated heterocycles. The third-order valence-electron chi connectivity index (χ3n) is 2.66. The van der Waals surface area contributed by atoms with Gasteiger partial charge in [-0.25, -0.2) is 8.78 Å². The molecule has 0 aliphatic rings. The molecule has 0 amide bonds. The first-order chi connectivity index (χ1) is 10.8. The van der Waals surface area contributed by atoms with Crippen molar-refractivity contribution in [2.75, 3.05) is 19.1 Å². The molecule has 0 aliphatic heterocycles. The number of carbonyl (C=O) groups excluding carboxylic acids is 1. The van der Waals surface area contributed by atoms with Crippen molar-refractivity contribution in [2.24, 2.45) is 0 Å². The number of halogens is 9. The zero-order valence-electron chi connectivity index (χ0n) is 12.3. The Morgan fingerprint density at radius 3 is 2.12 bits per heavy atom. The second kappa shape index (κ2) is 9.42. The maximum atomic E-state index is 13.2. The third kappa shape index (κ3) is 5.91. The molecule has 0 N–H and O–H groups in total. The molecule has 0 fully saturated rings. The molecule has 0 aromatic heterocycles. The molecule has 0 aliphatic carbocycles. The van der Waals surface area contributed by atoms with Gasteiger partial charge in [0.15, 0.2) is 5.12 Å². The molecule has 0 radical (unpaired) electrons. The monoisotopic (exact) mass is 410 g/mol. The van der Waals surface area contributed by atoms with E-state index in [1.807, 2.05) is 0 Å². The Balaban J connectivity index is 4.74. The lowest BCUT2D eigenvalue weighted by atomic mass is 10.1. The zero-order chi connectivity index (χ0) is 19.2. The van der Waals surface area contributed by atoms with Crippen LogP contribution in [0.2, 0.25) is 0 Å². The highest BCUT2D eigenvalue weighted by Crippen LogP contribution is 2.48. The van der Waals surface area contributed by atoms with Crippen LogP contribution in [-0.2, 0) is 9.53 Å². The van der Waals surface area contributed by atoms with Gasteiger partial charge in [0, 0.05) is 17.6 Å². The van der Waals surface area contributed by atoms with Crippen LogP contribution in [0.25, 0.3) is 0 Å². The Morgan fingerprint density at radius 1 is 1.17 bits per heavy atom. The largest absolute Gasteiger partial charge is 0.380 e. The highest BCUT2D eigenvalue weighted by Gasteiger charge is 2.75. The maximum absolute atomic E-state index is 13.2. The SMILES string of the molecule is CCCC(=O)SC(CCl)COCC(F)(F)C(F)(F)C(F)(F)C(F)F. The van der Waals surface area contributed by atoms with Gasteiger partial charge in [0.2, 0.25) is 0 Å². The van der Waals surface area contributed by atoms with Gasteiger partial charge in [-0.15, -0.1) is 11.6 Å². The summed E-state index contributed by atoms with van der Waals surface area (Å²) in [4.78, 5) is 11.3. The van der Waals surface area contributed by atoms with Crippen LogP contribution in [0.15, 0.2) is 0 Å². The minimum Gasteiger partial charge on any atom is -0.374 e. The minimum atomic E-state index is -6.31. The van der Waals surface area contributed by atoms with E-state index in [4.69, 9.17) is 11.6 Å². The Labute approximate surface area is 142 Å². The molecule has 0 saturated carbocycles. The first kappa shape index (κ1) is 23.7. The molecule has 0 aromatic carbocycles. The van der Waals surface area contributed by atoms with Crippen LogP contribution in [0.3, 0.4) is 0 Å². The van der Waals surface area contributed by atoms with E-state index in [0.717, 1.165) is 0 Å². The fraction of sp³-hybridized carbons (Fsp3) is 0.917. The fourth-order valence-electron chi connectivity index (χ4n) is 1.35. The molecule has 0 spiro atoms. The molecule has 1 atom stereocenters. The number of hydrogen-bond acceptors (Lipinski definition) is 3. The van der Waals surface area contributed by atoms with Crippen molar-refractivity contribution >= 4 is 28.5 Å². The summed E-state index contributed by atoms with van der Waals surface area (Å²) >= 11 is 6.10. The van der Waals surface area contributed by atoms with Gasteiger partial charge < -0.3 is 4.74 Å². The predicted octanol–water partition coefficient (Wildman–Crippen LogP) is 4.84. The number of hydrogen-bond donors (Lipinski definition) is 0. The van der Waals surface area contributed by atoms with Crippen molar-refractivity contribution in [2.45, 2.75) is 49.2 Å². The molecule has 144 valence electrons. The molecular formula is C12H15ClF8O2S. The van der Waals surface area contributed by atoms with Gasteiger partial charge in [0.1, 0.15) is 6.61 Å². The zero-order valence-corrected chi connectivity index (χ0v) is 13.9. The Bertz CT molecular complexity index is 409. The number of thioether (sulfide) groups is 1. The number of carbonyl (C=O) groups is 1. The summed E-state index contributed by atoms with van der Waals surface area (Å²) in [5.74, 6) is -18.3. The van der Waals surface area contributed by atoms with Gasteiger partial charge in [-0.2, -0.15) is 26.3 Å². The highest BCUT2D eigenvalue weighted by molar-refractivity contribution is 8.14. The molecule has 0 aromatic rings. The molecule has 0 rings (SSSR count). The van der Waals surface area contributed by atoms with Crippen LogP contribution in [0, 0.1) is 0 Å². The summed E-state index contributed by atoms with van der Waals surface area (Å²) in [5.41, 5.74) is 0. The maximum Gasteiger partial charge on any atom is 0.380 e. The van der Waals surface area contributed by atoms with Crippen LogP contribution >= 0.6 is 23.4 Å². The third-order valence-corrected chi connectivity index (χ3v) is 4.32. The van der Waals surface area contributed by atoms with Crippen LogP contribution in [0.5, 0.6) is 0 Å². The summed E-state index contributed by atoms with van der Waals surface area (Å²) in [7, 11) is 0. The van der Waals surface area contributed by atoms with Crippen molar-refractivity contribution in [3.8, 4) is 0 Å². The van der Waals surface area contributed by atoms with Gasteiger partial charge in [0.05, 0.1) is 6.61 Å². The summed E-state index contributed by atoms with van der Waals surface area (Å²) < 4.78 is 106. The van der Waals surface area contributed by atoms with Crippen LogP contribution in [-0.4, -0.2) is 53.7 Å². The highest BCUT2D eigenvalue weighted by atomic mass is 35.5. The van der Waals surface area contributed by atoms with Gasteiger partial charge in [-0.3, -0.25) is 4.79 Å². The van der Waals surface area contributed by atoms with Crippen molar-refractivity contribution in [3.63, 3.8) is 0 Å². The van der Waals surface area contributed by atoms with Gasteiger partial charge in [-0.1, -0.05) is 18.7 Å². The normalized spacial score (nSPS) is 15.0. The number of ether oxygens (including phenoxy) is 1. The van der Waals surface area contributed by atoms with Crippen LogP contribution in [0.4, 0.5) is 35.1 Å². The van der Waals surface area contributed by atoms with E-state index in [9.17, 15) is 39.9 Å². The van der Waals surface area contributed by atoms with Crippen molar-refractivity contribution in [1.29, 1.82) is 0 Å². The average Bonchev–Trinajstić information content (AvgIpc) is 2.45. The van der Waals surface area contributed by atoms with E-state index in [1.165, 1.54) is 0 Å². The first-order valence-corrected chi connectivity index (χ1v) is 7.99. The van der Waals surface area contributed by atoms with Crippen LogP contribution in [0.1, 0.15) is 19.8 Å². The van der Waals surface area contributed by atoms with Crippen molar-refractivity contribution in [3.05, 3.63) is 0 Å². The predicted molar refractivity (Wildman–Crippen MR) is 73.7 cm³/mol. The number of alkyl halides is 9. The second-order valence-corrected chi connectivity index (χ2v) is 6.40. The van der Waals surface area contributed by atoms with Gasteiger partial charge in [0.25, 0.3) is 0 Å². The van der Waals surface area contributed by atoms with Gasteiger partial charge >= 0.3 is 24.2 Å². The van der Waals surface area contributed by atoms with E-state index in [-0.39, 0.29) is 17.4 Å². The van der Waals surface area contributed by atoms with E-state index in [1.54, 1.807) is 6.92 Å². The molecule has 0 heterocycles. The molecule has 1 unspecified atom stereocenters. The van der Waals surface area contributed by atoms with E-state index in [0.29, 0.717) is 18.2 Å². The molecule has 0 bridgehead atoms. The lowest BCUT2D eigenvalue weighted by Crippen LogP contribution is -2.59. The second-order valence-electron chi connectivity index (χ2n) is 4.73. The Hall–Kier alpha value is -0.290. The van der Waals surface area contributed by atoms with Crippen LogP contribution < -0.4 is 0 Å². The topological polar surface area (TPSA) is 26.3 Å². The van der Waals surface area contributed by atoms with Crippen molar-refractivity contribution in [1.82, 2.24) is 0 Å². The average molecular weight is 411 g/mol. The standard InChI is InChI=1S/C12H15ClF8O2S/c1-2-3-8(22)24-7(4-13)5-23-6-10(16,17)12(20,21)11(18,19)9(14)15/h7,9H,2-6H2,1H3. The van der Waals surface area contributed by atoms with E-state index in [2.05, 4.69) is 4.74 Å². The minimum absolute atomic E-state index is 0.160. The summed E-state index contributed by atoms with van der Waals surface area (Å²) in [5, 5.41) is -1.21. The van der Waals surface area contributed by atoms with Gasteiger partial charge in [-0.05, 0) is 6.42 Å². The quantitative estimate of drug-likeness (QED) is 0.360. The smallest absolute Gasteiger partial charge is 0.374 e. The van der Waals surface area contributed by atoms with E-state index >= 15 is 0 Å². The number of rotatable bonds is 11. The lowest BCUT2D eigenvalue weighted by Gasteiger charge is -2.32. The molecule has 2 nitrogen and oxygen atoms in total. The molecule has 24 heavy (non-hydrogen) atoms. The summed E-state index contributed by atoms with van der Waals surface area (Å²) in [6, 6.07) is 0. The Kier molecular flexibility index (Phi) is 9.31. The van der Waals surface area contributed by atoms with Crippen molar-refractivity contribution < 1.29 is 44.7 Å².